The van der Waals surface area contributed by atoms with Crippen molar-refractivity contribution in [1.82, 2.24) is 0 Å². The SMILES string of the molecule is COc1cc(CO)c(C2OCC2(C)C)cc1C1OCC1(C)C. The van der Waals surface area contributed by atoms with Crippen LogP contribution >= 0.6 is 0 Å². The summed E-state index contributed by atoms with van der Waals surface area (Å²) in [5, 5.41) is 9.74. The van der Waals surface area contributed by atoms with Gasteiger partial charge in [0.05, 0.1) is 39.1 Å². The lowest BCUT2D eigenvalue weighted by Gasteiger charge is -2.47. The van der Waals surface area contributed by atoms with Crippen LogP contribution in [0, 0.1) is 10.8 Å². The summed E-state index contributed by atoms with van der Waals surface area (Å²) in [6.07, 6.45) is 0.0413. The van der Waals surface area contributed by atoms with Gasteiger partial charge in [-0.3, -0.25) is 0 Å². The highest BCUT2D eigenvalue weighted by atomic mass is 16.5. The molecule has 1 N–H and O–H groups in total. The Morgan fingerprint density at radius 2 is 1.59 bits per heavy atom. The number of rotatable bonds is 4. The number of methoxy groups -OCH3 is 1. The number of hydrogen-bond acceptors (Lipinski definition) is 4. The van der Waals surface area contributed by atoms with Gasteiger partial charge in [0.25, 0.3) is 0 Å². The van der Waals surface area contributed by atoms with Gasteiger partial charge in [0.15, 0.2) is 0 Å². The Bertz CT molecular complexity index is 529. The molecule has 2 fully saturated rings. The smallest absolute Gasteiger partial charge is 0.125 e. The molecule has 22 heavy (non-hydrogen) atoms. The fourth-order valence-corrected chi connectivity index (χ4v) is 3.44. The monoisotopic (exact) mass is 306 g/mol. The van der Waals surface area contributed by atoms with Gasteiger partial charge in [0.1, 0.15) is 5.75 Å². The molecule has 3 rings (SSSR count). The van der Waals surface area contributed by atoms with Gasteiger partial charge in [-0.15, -0.1) is 0 Å². The van der Waals surface area contributed by atoms with Crippen molar-refractivity contribution < 1.29 is 19.3 Å². The lowest BCUT2D eigenvalue weighted by atomic mass is 9.74. The van der Waals surface area contributed by atoms with E-state index in [0.717, 1.165) is 35.7 Å². The van der Waals surface area contributed by atoms with E-state index in [9.17, 15) is 5.11 Å². The molecule has 0 bridgehead atoms. The second-order valence-corrected chi connectivity index (χ2v) is 7.81. The first-order valence-electron chi connectivity index (χ1n) is 7.85. The predicted octanol–water partition coefficient (Wildman–Crippen LogP) is 3.38. The molecule has 2 atom stereocenters. The van der Waals surface area contributed by atoms with E-state index in [2.05, 4.69) is 33.8 Å². The van der Waals surface area contributed by atoms with E-state index < -0.39 is 0 Å². The molecule has 0 amide bonds. The van der Waals surface area contributed by atoms with Crippen molar-refractivity contribution in [2.24, 2.45) is 10.8 Å². The van der Waals surface area contributed by atoms with Gasteiger partial charge in [-0.1, -0.05) is 27.7 Å². The third-order valence-electron chi connectivity index (χ3n) is 4.89. The molecular weight excluding hydrogens is 280 g/mol. The minimum absolute atomic E-state index is 0.0162. The zero-order chi connectivity index (χ0) is 16.1. The van der Waals surface area contributed by atoms with Crippen LogP contribution in [0.25, 0.3) is 0 Å². The van der Waals surface area contributed by atoms with E-state index in [-0.39, 0.29) is 29.6 Å². The molecule has 2 unspecified atom stereocenters. The summed E-state index contributed by atoms with van der Waals surface area (Å²) in [4.78, 5) is 0. The van der Waals surface area contributed by atoms with Gasteiger partial charge < -0.3 is 19.3 Å². The number of aliphatic hydroxyl groups excluding tert-OH is 1. The van der Waals surface area contributed by atoms with Crippen LogP contribution < -0.4 is 4.74 Å². The lowest BCUT2D eigenvalue weighted by Crippen LogP contribution is -2.42. The van der Waals surface area contributed by atoms with E-state index in [1.54, 1.807) is 7.11 Å². The van der Waals surface area contributed by atoms with Gasteiger partial charge in [0, 0.05) is 16.4 Å². The number of benzene rings is 1. The lowest BCUT2D eigenvalue weighted by molar-refractivity contribution is -0.176. The third kappa shape index (κ3) is 2.34. The first kappa shape index (κ1) is 15.8. The Morgan fingerprint density at radius 1 is 1.05 bits per heavy atom. The topological polar surface area (TPSA) is 47.9 Å². The molecule has 0 aliphatic carbocycles. The largest absolute Gasteiger partial charge is 0.496 e. The molecular formula is C18H26O4. The van der Waals surface area contributed by atoms with Crippen LogP contribution in [-0.4, -0.2) is 25.4 Å². The summed E-state index contributed by atoms with van der Waals surface area (Å²) >= 11 is 0. The van der Waals surface area contributed by atoms with Gasteiger partial charge in [-0.05, 0) is 23.3 Å². The molecule has 2 aliphatic heterocycles. The van der Waals surface area contributed by atoms with Crippen LogP contribution in [-0.2, 0) is 16.1 Å². The van der Waals surface area contributed by atoms with E-state index in [1.807, 2.05) is 6.07 Å². The van der Waals surface area contributed by atoms with Crippen molar-refractivity contribution in [3.63, 3.8) is 0 Å². The van der Waals surface area contributed by atoms with Crippen LogP contribution in [0.4, 0.5) is 0 Å². The molecule has 4 heteroatoms. The second-order valence-electron chi connectivity index (χ2n) is 7.81. The van der Waals surface area contributed by atoms with Gasteiger partial charge in [0.2, 0.25) is 0 Å². The molecule has 2 heterocycles. The summed E-state index contributed by atoms with van der Waals surface area (Å²) in [6, 6.07) is 4.04. The first-order chi connectivity index (χ1) is 10.3. The maximum Gasteiger partial charge on any atom is 0.125 e. The summed E-state index contributed by atoms with van der Waals surface area (Å²) in [7, 11) is 1.66. The summed E-state index contributed by atoms with van der Waals surface area (Å²) < 4.78 is 17.1. The average Bonchev–Trinajstić information content (AvgIpc) is 2.45. The molecule has 0 saturated carbocycles. The van der Waals surface area contributed by atoms with Gasteiger partial charge in [-0.25, -0.2) is 0 Å². The van der Waals surface area contributed by atoms with Crippen molar-refractivity contribution in [3.05, 3.63) is 28.8 Å². The van der Waals surface area contributed by atoms with Crippen LogP contribution in [0.5, 0.6) is 5.75 Å². The fraction of sp³-hybridized carbons (Fsp3) is 0.667. The van der Waals surface area contributed by atoms with E-state index >= 15 is 0 Å². The summed E-state index contributed by atoms with van der Waals surface area (Å²) in [5.41, 5.74) is 3.17. The van der Waals surface area contributed by atoms with Crippen molar-refractivity contribution >= 4 is 0 Å². The normalized spacial score (nSPS) is 28.6. The van der Waals surface area contributed by atoms with Crippen LogP contribution in [0.1, 0.15) is 56.6 Å². The third-order valence-corrected chi connectivity index (χ3v) is 4.89. The highest BCUT2D eigenvalue weighted by molar-refractivity contribution is 5.46. The van der Waals surface area contributed by atoms with Crippen LogP contribution in [0.15, 0.2) is 12.1 Å². The van der Waals surface area contributed by atoms with Crippen LogP contribution in [0.3, 0.4) is 0 Å². The number of ether oxygens (including phenoxy) is 3. The fourth-order valence-electron chi connectivity index (χ4n) is 3.44. The summed E-state index contributed by atoms with van der Waals surface area (Å²) in [5.74, 6) is 0.780. The molecule has 0 spiro atoms. The first-order valence-corrected chi connectivity index (χ1v) is 7.85. The van der Waals surface area contributed by atoms with E-state index in [4.69, 9.17) is 14.2 Å². The van der Waals surface area contributed by atoms with Crippen molar-refractivity contribution in [1.29, 1.82) is 0 Å². The summed E-state index contributed by atoms with van der Waals surface area (Å²) in [6.45, 7) is 10.3. The van der Waals surface area contributed by atoms with E-state index in [0.29, 0.717) is 0 Å². The predicted molar refractivity (Wildman–Crippen MR) is 83.9 cm³/mol. The Balaban J connectivity index is 2.06. The molecule has 0 radical (unpaired) electrons. The molecule has 2 aliphatic rings. The highest BCUT2D eigenvalue weighted by Crippen LogP contribution is 2.52. The Morgan fingerprint density at radius 3 is 1.95 bits per heavy atom. The van der Waals surface area contributed by atoms with E-state index in [1.165, 1.54) is 0 Å². The molecule has 4 nitrogen and oxygen atoms in total. The standard InChI is InChI=1S/C18H26O4/c1-17(2)9-21-15(17)12-7-13(16-18(3,4)10-22-16)14(20-5)6-11(12)8-19/h6-7,15-16,19H,8-10H2,1-5H3. The minimum Gasteiger partial charge on any atom is -0.496 e. The van der Waals surface area contributed by atoms with Crippen molar-refractivity contribution in [2.45, 2.75) is 46.5 Å². The zero-order valence-electron chi connectivity index (χ0n) is 14.1. The zero-order valence-corrected chi connectivity index (χ0v) is 14.1. The Kier molecular flexibility index (Phi) is 3.75. The molecule has 1 aromatic rings. The van der Waals surface area contributed by atoms with Crippen molar-refractivity contribution in [3.8, 4) is 5.75 Å². The number of hydrogen-bond donors (Lipinski definition) is 1. The molecule has 122 valence electrons. The highest BCUT2D eigenvalue weighted by Gasteiger charge is 2.45. The van der Waals surface area contributed by atoms with Gasteiger partial charge in [-0.2, -0.15) is 0 Å². The number of aliphatic hydroxyl groups is 1. The molecule has 0 aromatic heterocycles. The quantitative estimate of drug-likeness (QED) is 0.926. The second kappa shape index (κ2) is 5.22. The molecule has 1 aromatic carbocycles. The Labute approximate surface area is 132 Å². The maximum atomic E-state index is 9.74. The minimum atomic E-state index is -0.0170. The Hall–Kier alpha value is -1.10. The van der Waals surface area contributed by atoms with Crippen molar-refractivity contribution in [2.75, 3.05) is 20.3 Å². The molecule has 2 saturated heterocycles. The average molecular weight is 306 g/mol. The van der Waals surface area contributed by atoms with Crippen LogP contribution in [0.2, 0.25) is 0 Å². The maximum absolute atomic E-state index is 9.74. The van der Waals surface area contributed by atoms with Gasteiger partial charge >= 0.3 is 0 Å².